The average Bonchev–Trinajstić information content (AvgIpc) is 3.69. The number of thioether (sulfide) groups is 1. The molecule has 3 heterocycles. The van der Waals surface area contributed by atoms with Crippen molar-refractivity contribution in [3.05, 3.63) is 24.8 Å². The Labute approximate surface area is 343 Å². The molecule has 1 fully saturated rings. The molecule has 24 nitrogen and oxygen atoms in total. The summed E-state index contributed by atoms with van der Waals surface area (Å²) in [5.74, 6) is -0.573. The van der Waals surface area contributed by atoms with E-state index in [-0.39, 0.29) is 41.6 Å². The van der Waals surface area contributed by atoms with Gasteiger partial charge >= 0.3 is 23.5 Å². The van der Waals surface area contributed by atoms with Gasteiger partial charge in [-0.1, -0.05) is 51.6 Å². The molecule has 1 aliphatic heterocycles. The Balaban J connectivity index is 1.43. The summed E-state index contributed by atoms with van der Waals surface area (Å²) in [6.07, 6.45) is 0.373. The number of rotatable bonds is 25. The fraction of sp³-hybridized carbons (Fsp3) is 0.677. The number of unbranched alkanes of at least 4 members (excludes halogenated alkanes) is 2. The SMILES string of the molecule is CC(C)C=CCCCCC(=O)SCCNC(=O)CCNC(=O)[C@H](O)C(C)(C)COP(=O)(O)OP(=O)(O)OC[C@H]1O[C@@H](n2cnc3c(N)ncnc32)[C@H](O)[C@@H]1OP(=O)(O)O. The van der Waals surface area contributed by atoms with Crippen LogP contribution in [0.5, 0.6) is 0 Å². The summed E-state index contributed by atoms with van der Waals surface area (Å²) >= 11 is 1.12. The van der Waals surface area contributed by atoms with E-state index >= 15 is 0 Å². The first kappa shape index (κ1) is 50.7. The Hall–Kier alpha value is -2.70. The quantitative estimate of drug-likeness (QED) is 0.0386. The van der Waals surface area contributed by atoms with Crippen molar-refractivity contribution in [2.24, 2.45) is 11.3 Å². The van der Waals surface area contributed by atoms with Gasteiger partial charge < -0.3 is 50.9 Å². The van der Waals surface area contributed by atoms with Gasteiger partial charge in [-0.25, -0.2) is 28.6 Å². The summed E-state index contributed by atoms with van der Waals surface area (Å²) in [6.45, 7) is 4.72. The zero-order valence-electron chi connectivity index (χ0n) is 32.6. The predicted molar refractivity (Wildman–Crippen MR) is 210 cm³/mol. The maximum Gasteiger partial charge on any atom is 0.481 e. The Bertz CT molecular complexity index is 1910. The zero-order valence-corrected chi connectivity index (χ0v) is 36.1. The number of nitrogen functional groups attached to an aromatic ring is 1. The van der Waals surface area contributed by atoms with Gasteiger partial charge in [-0.05, 0) is 25.2 Å². The van der Waals surface area contributed by atoms with Crippen molar-refractivity contribution in [2.45, 2.75) is 90.4 Å². The Kier molecular flexibility index (Phi) is 19.2. The summed E-state index contributed by atoms with van der Waals surface area (Å²) in [6, 6.07) is 0. The third kappa shape index (κ3) is 16.9. The van der Waals surface area contributed by atoms with Crippen molar-refractivity contribution >= 4 is 69.1 Å². The third-order valence-corrected chi connectivity index (χ3v) is 12.3. The van der Waals surface area contributed by atoms with Crippen LogP contribution in [0.25, 0.3) is 11.2 Å². The van der Waals surface area contributed by atoms with Gasteiger partial charge in [0.25, 0.3) is 0 Å². The van der Waals surface area contributed by atoms with Crippen molar-refractivity contribution in [2.75, 3.05) is 37.8 Å². The van der Waals surface area contributed by atoms with Crippen molar-refractivity contribution in [3.63, 3.8) is 0 Å². The fourth-order valence-corrected chi connectivity index (χ4v) is 8.82. The van der Waals surface area contributed by atoms with Gasteiger partial charge in [0.05, 0.1) is 19.5 Å². The number of aromatic nitrogens is 4. The molecule has 0 bridgehead atoms. The van der Waals surface area contributed by atoms with Crippen molar-refractivity contribution in [1.29, 1.82) is 0 Å². The first-order valence-electron chi connectivity index (χ1n) is 18.1. The molecule has 2 amide bonds. The summed E-state index contributed by atoms with van der Waals surface area (Å²) < 4.78 is 62.2. The Morgan fingerprint density at radius 2 is 1.73 bits per heavy atom. The van der Waals surface area contributed by atoms with Gasteiger partial charge in [-0.15, -0.1) is 0 Å². The highest BCUT2D eigenvalue weighted by Crippen LogP contribution is 2.61. The van der Waals surface area contributed by atoms with Crippen LogP contribution in [0.4, 0.5) is 5.82 Å². The average molecular weight is 920 g/mol. The van der Waals surface area contributed by atoms with E-state index < -0.39 is 84.6 Å². The second kappa shape index (κ2) is 22.4. The number of carbonyl (C=O) groups excluding carboxylic acids is 3. The number of phosphoric acid groups is 3. The molecule has 2 aromatic heterocycles. The van der Waals surface area contributed by atoms with Crippen molar-refractivity contribution < 1.29 is 80.5 Å². The maximum absolute atomic E-state index is 12.7. The summed E-state index contributed by atoms with van der Waals surface area (Å²) in [4.78, 5) is 87.8. The van der Waals surface area contributed by atoms with Crippen LogP contribution in [0.1, 0.15) is 66.0 Å². The maximum atomic E-state index is 12.7. The number of amides is 2. The molecule has 7 atom stereocenters. The third-order valence-electron chi connectivity index (χ3n) is 8.29. The van der Waals surface area contributed by atoms with Gasteiger partial charge in [0.1, 0.15) is 36.3 Å². The molecule has 0 aromatic carbocycles. The Morgan fingerprint density at radius 3 is 2.41 bits per heavy atom. The van der Waals surface area contributed by atoms with E-state index in [1.807, 2.05) is 0 Å². The molecule has 0 radical (unpaired) electrons. The molecule has 0 saturated carbocycles. The fourth-order valence-electron chi connectivity index (χ4n) is 5.27. The number of nitrogens with one attached hydrogen (secondary N) is 2. The minimum absolute atomic E-state index is 0.0314. The van der Waals surface area contributed by atoms with Gasteiger partial charge in [0.2, 0.25) is 11.8 Å². The molecule has 28 heteroatoms. The summed E-state index contributed by atoms with van der Waals surface area (Å²) in [5.41, 5.74) is 4.27. The molecule has 10 N–H and O–H groups in total. The number of hydrogen-bond donors (Lipinski definition) is 9. The summed E-state index contributed by atoms with van der Waals surface area (Å²) in [5, 5.41) is 26.5. The van der Waals surface area contributed by atoms with E-state index in [9.17, 15) is 57.9 Å². The highest BCUT2D eigenvalue weighted by atomic mass is 32.2. The van der Waals surface area contributed by atoms with Crippen LogP contribution >= 0.6 is 35.2 Å². The molecular formula is C31H52N7O17P3S. The first-order valence-corrected chi connectivity index (χ1v) is 23.6. The van der Waals surface area contributed by atoms with Crippen LogP contribution in [-0.4, -0.2) is 123 Å². The van der Waals surface area contributed by atoms with Gasteiger partial charge in [0.15, 0.2) is 22.8 Å². The van der Waals surface area contributed by atoms with E-state index in [0.717, 1.165) is 48.2 Å². The molecule has 2 aromatic rings. The lowest BCUT2D eigenvalue weighted by molar-refractivity contribution is -0.137. The number of aliphatic hydroxyl groups is 2. The molecule has 2 unspecified atom stereocenters. The van der Waals surface area contributed by atoms with Crippen molar-refractivity contribution in [1.82, 2.24) is 30.2 Å². The lowest BCUT2D eigenvalue weighted by Crippen LogP contribution is -2.46. The van der Waals surface area contributed by atoms with E-state index in [1.54, 1.807) is 0 Å². The van der Waals surface area contributed by atoms with Crippen LogP contribution in [0.15, 0.2) is 24.8 Å². The molecule has 59 heavy (non-hydrogen) atoms. The lowest BCUT2D eigenvalue weighted by Gasteiger charge is -2.30. The normalized spacial score (nSPS) is 21.4. The van der Waals surface area contributed by atoms with Crippen LogP contribution in [0, 0.1) is 11.3 Å². The monoisotopic (exact) mass is 919 g/mol. The molecule has 1 saturated heterocycles. The number of carbonyl (C=O) groups is 3. The van der Waals surface area contributed by atoms with Crippen LogP contribution < -0.4 is 16.4 Å². The lowest BCUT2D eigenvalue weighted by atomic mass is 9.87. The highest BCUT2D eigenvalue weighted by Gasteiger charge is 2.50. The number of nitrogens with two attached hydrogens (primary N) is 1. The molecule has 0 spiro atoms. The molecule has 3 rings (SSSR count). The predicted octanol–water partition coefficient (Wildman–Crippen LogP) is 1.44. The minimum atomic E-state index is -5.57. The second-order valence-electron chi connectivity index (χ2n) is 14.2. The van der Waals surface area contributed by atoms with Crippen LogP contribution in [0.3, 0.4) is 0 Å². The van der Waals surface area contributed by atoms with Gasteiger partial charge in [-0.3, -0.25) is 32.5 Å². The van der Waals surface area contributed by atoms with E-state index in [1.165, 1.54) is 13.8 Å². The number of hydrogen-bond acceptors (Lipinski definition) is 18. The number of fused-ring (bicyclic) bond motifs is 1. The molecule has 334 valence electrons. The number of phosphoric ester groups is 3. The molecular weight excluding hydrogens is 867 g/mol. The molecule has 1 aliphatic rings. The van der Waals surface area contributed by atoms with Crippen LogP contribution in [-0.2, 0) is 50.7 Å². The topological polar surface area (TPSA) is 364 Å². The smallest absolute Gasteiger partial charge is 0.386 e. The highest BCUT2D eigenvalue weighted by molar-refractivity contribution is 8.13. The van der Waals surface area contributed by atoms with E-state index in [2.05, 4.69) is 60.4 Å². The standard InChI is InChI=1S/C31H52N7O17P3S/c1-19(2)9-7-5-6-8-10-22(40)59-14-13-33-21(39)11-12-34-29(43)26(42)31(3,4)16-52-58(49,50)55-57(47,48)51-15-20-25(54-56(44,45)46)24(41)30(53-20)38-18-37-23-27(32)35-17-36-28(23)38/h7,9,17-20,24-26,30,41-42H,5-6,8,10-16H2,1-4H3,(H,33,39)(H,34,43)(H,47,48)(H,49,50)(H2,32,35,36)(H2,44,45,46)/t20-,24-,25-,26+,30-/m1/s1. The number of aliphatic hydroxyl groups excluding tert-OH is 2. The number of ether oxygens (including phenoxy) is 1. The number of imidazole rings is 1. The van der Waals surface area contributed by atoms with Crippen LogP contribution in [0.2, 0.25) is 0 Å². The van der Waals surface area contributed by atoms with E-state index in [0.29, 0.717) is 18.1 Å². The van der Waals surface area contributed by atoms with Gasteiger partial charge in [-0.2, -0.15) is 4.31 Å². The van der Waals surface area contributed by atoms with Crippen molar-refractivity contribution in [3.8, 4) is 0 Å². The first-order chi connectivity index (χ1) is 27.4. The second-order valence-corrected chi connectivity index (χ2v) is 19.6. The number of nitrogens with zero attached hydrogens (tertiary/aromatic N) is 4. The number of allylic oxidation sites excluding steroid dienone is 2. The number of anilines is 1. The molecule has 0 aliphatic carbocycles. The summed E-state index contributed by atoms with van der Waals surface area (Å²) in [7, 11) is -16.4. The largest absolute Gasteiger partial charge is 0.481 e. The Morgan fingerprint density at radius 1 is 1.03 bits per heavy atom. The van der Waals surface area contributed by atoms with E-state index in [4.69, 9.17) is 19.5 Å². The minimum Gasteiger partial charge on any atom is -0.386 e. The zero-order chi connectivity index (χ0) is 44.2. The van der Waals surface area contributed by atoms with Gasteiger partial charge in [0, 0.05) is 37.1 Å².